The topological polar surface area (TPSA) is 9.23 Å². The smallest absolute Gasteiger partial charge is 0.128 e. The van der Waals surface area contributed by atoms with Gasteiger partial charge in [-0.05, 0) is 18.9 Å². The molecule has 0 N–H and O–H groups in total. The Morgan fingerprint density at radius 2 is 1.81 bits per heavy atom. The summed E-state index contributed by atoms with van der Waals surface area (Å²) in [6.45, 7) is 1.05. The van der Waals surface area contributed by atoms with Crippen LogP contribution in [-0.2, 0) is 11.3 Å². The molecule has 0 aromatic heterocycles. The van der Waals surface area contributed by atoms with Crippen molar-refractivity contribution < 1.29 is 9.13 Å². The third kappa shape index (κ3) is 5.47. The van der Waals surface area contributed by atoms with Crippen LogP contribution in [0.25, 0.3) is 0 Å². The summed E-state index contributed by atoms with van der Waals surface area (Å²) in [5.41, 5.74) is 0.628. The maximum absolute atomic E-state index is 13.2. The fourth-order valence-electron chi connectivity index (χ4n) is 1.45. The molecule has 0 atom stereocenters. The van der Waals surface area contributed by atoms with E-state index in [0.29, 0.717) is 18.8 Å². The van der Waals surface area contributed by atoms with Crippen molar-refractivity contribution in [1.82, 2.24) is 0 Å². The normalized spacial score (nSPS) is 10.6. The molecule has 16 heavy (non-hydrogen) atoms. The lowest BCUT2D eigenvalue weighted by Gasteiger charge is -2.05. The Labute approximate surface area is 102 Å². The number of halogens is 2. The predicted octanol–water partition coefficient (Wildman–Crippen LogP) is 4.14. The molecular weight excluding hydrogens is 227 g/mol. The van der Waals surface area contributed by atoms with Gasteiger partial charge in [0.1, 0.15) is 5.82 Å². The van der Waals surface area contributed by atoms with Crippen molar-refractivity contribution in [2.75, 3.05) is 12.5 Å². The Hall–Kier alpha value is -0.600. The summed E-state index contributed by atoms with van der Waals surface area (Å²) >= 11 is 5.57. The minimum Gasteiger partial charge on any atom is -0.377 e. The molecule has 0 heterocycles. The molecule has 3 heteroatoms. The number of rotatable bonds is 8. The molecule has 0 saturated carbocycles. The monoisotopic (exact) mass is 244 g/mol. The van der Waals surface area contributed by atoms with Crippen molar-refractivity contribution in [2.45, 2.75) is 32.3 Å². The van der Waals surface area contributed by atoms with Crippen LogP contribution in [0.5, 0.6) is 0 Å². The number of alkyl halides is 1. The molecule has 0 saturated heterocycles. The highest BCUT2D eigenvalue weighted by molar-refractivity contribution is 6.17. The molecule has 1 aromatic carbocycles. The van der Waals surface area contributed by atoms with Crippen molar-refractivity contribution in [1.29, 1.82) is 0 Å². The zero-order chi connectivity index (χ0) is 11.6. The molecule has 1 nitrogen and oxygen atoms in total. The van der Waals surface area contributed by atoms with E-state index < -0.39 is 0 Å². The van der Waals surface area contributed by atoms with E-state index in [1.807, 2.05) is 6.07 Å². The van der Waals surface area contributed by atoms with Gasteiger partial charge in [0.15, 0.2) is 0 Å². The summed E-state index contributed by atoms with van der Waals surface area (Å²) in [5, 5.41) is 0. The largest absolute Gasteiger partial charge is 0.377 e. The first-order chi connectivity index (χ1) is 7.84. The van der Waals surface area contributed by atoms with E-state index in [4.69, 9.17) is 16.3 Å². The fraction of sp³-hybridized carbons (Fsp3) is 0.538. The SMILES string of the molecule is Fc1ccccc1COCCCCCCCl. The van der Waals surface area contributed by atoms with E-state index >= 15 is 0 Å². The van der Waals surface area contributed by atoms with Gasteiger partial charge < -0.3 is 4.74 Å². The average Bonchev–Trinajstić information content (AvgIpc) is 2.30. The Bertz CT molecular complexity index is 291. The van der Waals surface area contributed by atoms with Crippen LogP contribution in [0, 0.1) is 5.82 Å². The van der Waals surface area contributed by atoms with E-state index in [2.05, 4.69) is 0 Å². The number of hydrogen-bond donors (Lipinski definition) is 0. The zero-order valence-electron chi connectivity index (χ0n) is 9.42. The molecule has 0 aliphatic carbocycles. The van der Waals surface area contributed by atoms with Gasteiger partial charge in [0, 0.05) is 18.1 Å². The van der Waals surface area contributed by atoms with Crippen LogP contribution < -0.4 is 0 Å². The molecular formula is C13H18ClFO. The van der Waals surface area contributed by atoms with Crippen molar-refractivity contribution in [3.05, 3.63) is 35.6 Å². The van der Waals surface area contributed by atoms with Crippen LogP contribution in [0.2, 0.25) is 0 Å². The molecule has 0 unspecified atom stereocenters. The standard InChI is InChI=1S/C13H18ClFO/c14-9-5-1-2-6-10-16-11-12-7-3-4-8-13(12)15/h3-4,7-8H,1-2,5-6,9-11H2. The molecule has 0 amide bonds. The summed E-state index contributed by atoms with van der Waals surface area (Å²) in [4.78, 5) is 0. The summed E-state index contributed by atoms with van der Waals surface area (Å²) in [5.74, 6) is 0.542. The molecule has 0 radical (unpaired) electrons. The van der Waals surface area contributed by atoms with Crippen molar-refractivity contribution in [3.8, 4) is 0 Å². The maximum Gasteiger partial charge on any atom is 0.128 e. The molecule has 90 valence electrons. The van der Waals surface area contributed by atoms with E-state index in [1.54, 1.807) is 12.1 Å². The Morgan fingerprint density at radius 1 is 1.06 bits per heavy atom. The maximum atomic E-state index is 13.2. The molecule has 1 aromatic rings. The Morgan fingerprint density at radius 3 is 2.56 bits per heavy atom. The first-order valence-electron chi connectivity index (χ1n) is 5.71. The highest BCUT2D eigenvalue weighted by Crippen LogP contribution is 2.08. The summed E-state index contributed by atoms with van der Waals surface area (Å²) < 4.78 is 18.6. The molecule has 1 rings (SSSR count). The van der Waals surface area contributed by atoms with E-state index in [1.165, 1.54) is 6.07 Å². The highest BCUT2D eigenvalue weighted by Gasteiger charge is 1.99. The van der Waals surface area contributed by atoms with Gasteiger partial charge in [0.2, 0.25) is 0 Å². The van der Waals surface area contributed by atoms with E-state index in [9.17, 15) is 4.39 Å². The summed E-state index contributed by atoms with van der Waals surface area (Å²) in [7, 11) is 0. The number of unbranched alkanes of at least 4 members (excludes halogenated alkanes) is 3. The second-order valence-corrected chi connectivity index (χ2v) is 4.13. The van der Waals surface area contributed by atoms with Gasteiger partial charge >= 0.3 is 0 Å². The van der Waals surface area contributed by atoms with Crippen LogP contribution in [0.1, 0.15) is 31.2 Å². The number of benzene rings is 1. The Balaban J connectivity index is 2.05. The molecule has 0 spiro atoms. The second-order valence-electron chi connectivity index (χ2n) is 3.75. The van der Waals surface area contributed by atoms with Crippen LogP contribution in [0.4, 0.5) is 4.39 Å². The minimum absolute atomic E-state index is 0.190. The fourth-order valence-corrected chi connectivity index (χ4v) is 1.64. The lowest BCUT2D eigenvalue weighted by atomic mass is 10.2. The van der Waals surface area contributed by atoms with Gasteiger partial charge in [-0.3, -0.25) is 0 Å². The van der Waals surface area contributed by atoms with Crippen LogP contribution in [0.15, 0.2) is 24.3 Å². The lowest BCUT2D eigenvalue weighted by molar-refractivity contribution is 0.114. The average molecular weight is 245 g/mol. The van der Waals surface area contributed by atoms with Crippen LogP contribution in [0.3, 0.4) is 0 Å². The highest BCUT2D eigenvalue weighted by atomic mass is 35.5. The lowest BCUT2D eigenvalue weighted by Crippen LogP contribution is -1.97. The third-order valence-electron chi connectivity index (χ3n) is 2.39. The van der Waals surface area contributed by atoms with Crippen molar-refractivity contribution >= 4 is 11.6 Å². The zero-order valence-corrected chi connectivity index (χ0v) is 10.2. The van der Waals surface area contributed by atoms with Gasteiger partial charge in [-0.1, -0.05) is 31.0 Å². The van der Waals surface area contributed by atoms with Crippen molar-refractivity contribution in [2.24, 2.45) is 0 Å². The second kappa shape index (κ2) is 8.54. The number of ether oxygens (including phenoxy) is 1. The summed E-state index contributed by atoms with van der Waals surface area (Å²) in [6, 6.07) is 6.72. The molecule has 0 aliphatic heterocycles. The van der Waals surface area contributed by atoms with Gasteiger partial charge in [0.25, 0.3) is 0 Å². The third-order valence-corrected chi connectivity index (χ3v) is 2.65. The molecule has 0 aliphatic rings. The van der Waals surface area contributed by atoms with Crippen LogP contribution in [-0.4, -0.2) is 12.5 Å². The van der Waals surface area contributed by atoms with Crippen LogP contribution >= 0.6 is 11.6 Å². The molecule has 0 fully saturated rings. The minimum atomic E-state index is -0.190. The van der Waals surface area contributed by atoms with Gasteiger partial charge in [-0.2, -0.15) is 0 Å². The van der Waals surface area contributed by atoms with Gasteiger partial charge in [0.05, 0.1) is 6.61 Å². The van der Waals surface area contributed by atoms with E-state index in [0.717, 1.165) is 31.6 Å². The predicted molar refractivity (Wildman–Crippen MR) is 65.2 cm³/mol. The van der Waals surface area contributed by atoms with Gasteiger partial charge in [-0.15, -0.1) is 11.6 Å². The summed E-state index contributed by atoms with van der Waals surface area (Å²) in [6.07, 6.45) is 4.36. The first kappa shape index (κ1) is 13.5. The quantitative estimate of drug-likeness (QED) is 0.493. The Kier molecular flexibility index (Phi) is 7.19. The molecule has 0 bridgehead atoms. The first-order valence-corrected chi connectivity index (χ1v) is 6.25. The number of hydrogen-bond acceptors (Lipinski definition) is 1. The van der Waals surface area contributed by atoms with Crippen molar-refractivity contribution in [3.63, 3.8) is 0 Å². The van der Waals surface area contributed by atoms with Gasteiger partial charge in [-0.25, -0.2) is 4.39 Å². The van der Waals surface area contributed by atoms with E-state index in [-0.39, 0.29) is 5.82 Å².